The molecule has 28 heteroatoms. The molecular weight excluding hydrogens is 1000 g/mol. The summed E-state index contributed by atoms with van der Waals surface area (Å²) in [5, 5.41) is 106. The number of halogens is 2. The van der Waals surface area contributed by atoms with Crippen LogP contribution in [0.1, 0.15) is 26.7 Å². The van der Waals surface area contributed by atoms with Gasteiger partial charge in [-0.1, -0.05) is 45.7 Å². The molecule has 64 heavy (non-hydrogen) atoms. The molecule has 0 aromatic heterocycles. The van der Waals surface area contributed by atoms with Gasteiger partial charge in [-0.25, -0.2) is 9.59 Å². The summed E-state index contributed by atoms with van der Waals surface area (Å²) in [7, 11) is 0. The van der Waals surface area contributed by atoms with Gasteiger partial charge in [0.25, 0.3) is 0 Å². The van der Waals surface area contributed by atoms with Crippen molar-refractivity contribution in [3.8, 4) is 0 Å². The molecule has 0 aliphatic carbocycles. The van der Waals surface area contributed by atoms with Gasteiger partial charge in [-0.15, -0.1) is 0 Å². The molecule has 0 spiro atoms. The molecule has 0 saturated carbocycles. The lowest BCUT2D eigenvalue weighted by molar-refractivity contribution is -0.380. The van der Waals surface area contributed by atoms with Crippen molar-refractivity contribution in [1.82, 2.24) is 21.3 Å². The van der Waals surface area contributed by atoms with Gasteiger partial charge in [0.15, 0.2) is 25.0 Å². The number of ether oxygens (including phenoxy) is 9. The van der Waals surface area contributed by atoms with Gasteiger partial charge in [0.2, 0.25) is 11.8 Å². The first kappa shape index (κ1) is 56.1. The molecule has 4 amide bonds. The van der Waals surface area contributed by atoms with Crippen molar-refractivity contribution in [2.24, 2.45) is 0 Å². The normalized spacial score (nSPS) is 33.9. The maximum Gasteiger partial charge on any atom is 0.407 e. The van der Waals surface area contributed by atoms with Crippen LogP contribution in [0, 0.1) is 0 Å². The number of amides is 4. The zero-order valence-corrected chi connectivity index (χ0v) is 38.3. The molecule has 8 unspecified atom stereocenters. The van der Waals surface area contributed by atoms with E-state index in [9.17, 15) is 65.1 Å². The number of hydrogen-bond donors (Lipinski definition) is 13. The first-order valence-electron chi connectivity index (χ1n) is 20.5. The molecule has 13 N–H and O–H groups in total. The number of carbonyl (C=O) groups is 4. The highest BCUT2D eigenvalue weighted by molar-refractivity contribution is 9.09. The zero-order valence-electron chi connectivity index (χ0n) is 35.1. The standard InChI is InChI=1S/C36H62Br2N4O22/c1-3-16(11-43)56-14-17(4-2)58-34-28(53)31(64-36(55)42-8-6-40-22(47)10-38)30(19(13-45)60-34)63-33-27(52)25(50)29(18(12-44)59-33)62-32-26(51)24(49)23(48)20(61-32)15-57-35(54)41-7-5-39-21(46)9-37/h16-20,23-34,43-45,48-53H,3-15H2,1-2H3,(H,39,46)(H,40,47)(H,41,54)(H,42,55)/t16?,17?,18?,19?,20?,23-,24+,25-,26?,27?,28?,29-,30-,31-,32+,33+,34+/m1/s1. The van der Waals surface area contributed by atoms with Crippen molar-refractivity contribution >= 4 is 55.9 Å². The number of aliphatic hydroxyl groups is 9. The van der Waals surface area contributed by atoms with Gasteiger partial charge in [0, 0.05) is 26.2 Å². The summed E-state index contributed by atoms with van der Waals surface area (Å²) in [5.41, 5.74) is 0. The van der Waals surface area contributed by atoms with Gasteiger partial charge >= 0.3 is 12.2 Å². The lowest BCUT2D eigenvalue weighted by Gasteiger charge is -2.48. The van der Waals surface area contributed by atoms with Gasteiger partial charge in [0.05, 0.1) is 49.3 Å². The molecule has 0 aromatic rings. The largest absolute Gasteiger partial charge is 0.447 e. The van der Waals surface area contributed by atoms with Crippen molar-refractivity contribution in [3.63, 3.8) is 0 Å². The molecular formula is C36H62Br2N4O22. The van der Waals surface area contributed by atoms with Crippen molar-refractivity contribution < 1.29 is 108 Å². The summed E-state index contributed by atoms with van der Waals surface area (Å²) in [6, 6.07) is 0. The van der Waals surface area contributed by atoms with Gasteiger partial charge < -0.3 is 110 Å². The molecule has 3 rings (SSSR count). The van der Waals surface area contributed by atoms with Gasteiger partial charge in [0.1, 0.15) is 73.8 Å². The Morgan fingerprint density at radius 1 is 0.578 bits per heavy atom. The van der Waals surface area contributed by atoms with E-state index in [1.165, 1.54) is 0 Å². The molecule has 0 aromatic carbocycles. The second-order valence-corrected chi connectivity index (χ2v) is 15.8. The number of nitrogens with one attached hydrogen (secondary N) is 4. The number of aliphatic hydroxyl groups excluding tert-OH is 9. The molecule has 3 aliphatic rings. The number of carbonyl (C=O) groups excluding carboxylic acids is 4. The van der Waals surface area contributed by atoms with Crippen LogP contribution in [0.5, 0.6) is 0 Å². The number of hydrogen-bond acceptors (Lipinski definition) is 22. The Morgan fingerprint density at radius 3 is 1.62 bits per heavy atom. The van der Waals surface area contributed by atoms with E-state index in [0.29, 0.717) is 12.8 Å². The molecule has 3 fully saturated rings. The van der Waals surface area contributed by atoms with Crippen LogP contribution in [0.2, 0.25) is 0 Å². The Hall–Kier alpha value is -2.20. The minimum Gasteiger partial charge on any atom is -0.447 e. The van der Waals surface area contributed by atoms with E-state index in [4.69, 9.17) is 42.6 Å². The second-order valence-electron chi connectivity index (χ2n) is 14.6. The Bertz CT molecular complexity index is 1410. The van der Waals surface area contributed by atoms with E-state index in [2.05, 4.69) is 53.1 Å². The summed E-state index contributed by atoms with van der Waals surface area (Å²) in [4.78, 5) is 48.2. The third-order valence-corrected chi connectivity index (χ3v) is 11.1. The fraction of sp³-hybridized carbons (Fsp3) is 0.889. The van der Waals surface area contributed by atoms with Crippen LogP contribution in [-0.4, -0.2) is 244 Å². The summed E-state index contributed by atoms with van der Waals surface area (Å²) < 4.78 is 51.1. The molecule has 372 valence electrons. The SMILES string of the molecule is CCC(CO)OCC(CC)O[C@H]1OC(CO)[C@@H](O[C@@H]2OC(CO)[C@@H](O[C@@H]3OC(COC(=O)NCCNC(=O)CBr)[C@@H](O)[C@H](O)C3O)[C@H](O)C2O)[C@H](OC(=O)NCCNC(=O)CBr)C1O. The van der Waals surface area contributed by atoms with Crippen LogP contribution in [0.4, 0.5) is 9.59 Å². The van der Waals surface area contributed by atoms with Gasteiger partial charge in [-0.05, 0) is 12.8 Å². The van der Waals surface area contributed by atoms with E-state index in [1.807, 2.05) is 0 Å². The summed E-state index contributed by atoms with van der Waals surface area (Å²) >= 11 is 5.98. The van der Waals surface area contributed by atoms with Crippen LogP contribution in [0.3, 0.4) is 0 Å². The number of alkyl halides is 2. The lowest BCUT2D eigenvalue weighted by Crippen LogP contribution is -2.67. The average molecular weight is 1060 g/mol. The Balaban J connectivity index is 1.76. The zero-order chi connectivity index (χ0) is 47.5. The Morgan fingerprint density at radius 2 is 1.08 bits per heavy atom. The highest BCUT2D eigenvalue weighted by Crippen LogP contribution is 2.34. The first-order valence-corrected chi connectivity index (χ1v) is 22.8. The maximum atomic E-state index is 13.0. The minimum atomic E-state index is -2.09. The van der Waals surface area contributed by atoms with E-state index >= 15 is 0 Å². The van der Waals surface area contributed by atoms with Crippen LogP contribution < -0.4 is 21.3 Å². The third kappa shape index (κ3) is 16.5. The Labute approximate surface area is 384 Å². The highest BCUT2D eigenvalue weighted by atomic mass is 79.9. The van der Waals surface area contributed by atoms with E-state index < -0.39 is 136 Å². The smallest absolute Gasteiger partial charge is 0.407 e. The Kier molecular flexibility index (Phi) is 25.3. The maximum absolute atomic E-state index is 13.0. The predicted molar refractivity (Wildman–Crippen MR) is 219 cm³/mol. The molecule has 0 bridgehead atoms. The molecule has 17 atom stereocenters. The first-order chi connectivity index (χ1) is 30.6. The van der Waals surface area contributed by atoms with Crippen molar-refractivity contribution in [1.29, 1.82) is 0 Å². The molecule has 3 heterocycles. The second kappa shape index (κ2) is 28.9. The topological polar surface area (TPSA) is 382 Å². The lowest BCUT2D eigenvalue weighted by atomic mass is 9.96. The quantitative estimate of drug-likeness (QED) is 0.0300. The van der Waals surface area contributed by atoms with Crippen molar-refractivity contribution in [3.05, 3.63) is 0 Å². The minimum absolute atomic E-state index is 0.00747. The number of rotatable bonds is 25. The van der Waals surface area contributed by atoms with Crippen molar-refractivity contribution in [2.75, 3.05) is 69.9 Å². The van der Waals surface area contributed by atoms with Crippen LogP contribution >= 0.6 is 31.9 Å². The summed E-state index contributed by atoms with van der Waals surface area (Å²) in [6.45, 7) is 0.667. The van der Waals surface area contributed by atoms with Crippen LogP contribution in [0.25, 0.3) is 0 Å². The fourth-order valence-electron chi connectivity index (χ4n) is 6.45. The number of alkyl carbamates (subject to hydrolysis) is 2. The van der Waals surface area contributed by atoms with E-state index in [0.717, 1.165) is 0 Å². The molecule has 3 aliphatic heterocycles. The van der Waals surface area contributed by atoms with Crippen LogP contribution in [0.15, 0.2) is 0 Å². The summed E-state index contributed by atoms with van der Waals surface area (Å²) in [6.07, 6.45) is -29.6. The summed E-state index contributed by atoms with van der Waals surface area (Å²) in [5.74, 6) is -0.689. The molecule has 0 radical (unpaired) electrons. The van der Waals surface area contributed by atoms with Gasteiger partial charge in [-0.3, -0.25) is 9.59 Å². The molecule has 3 saturated heterocycles. The average Bonchev–Trinajstić information content (AvgIpc) is 3.29. The predicted octanol–water partition coefficient (Wildman–Crippen LogP) is -5.49. The van der Waals surface area contributed by atoms with E-state index in [-0.39, 0.29) is 61.9 Å². The highest BCUT2D eigenvalue weighted by Gasteiger charge is 2.55. The van der Waals surface area contributed by atoms with Gasteiger partial charge in [-0.2, -0.15) is 0 Å². The van der Waals surface area contributed by atoms with Crippen molar-refractivity contribution in [2.45, 2.75) is 131 Å². The van der Waals surface area contributed by atoms with Crippen LogP contribution in [-0.2, 0) is 52.2 Å². The monoisotopic (exact) mass is 1060 g/mol. The molecule has 26 nitrogen and oxygen atoms in total. The van der Waals surface area contributed by atoms with E-state index in [1.54, 1.807) is 13.8 Å². The third-order valence-electron chi connectivity index (χ3n) is 10.1. The fourth-order valence-corrected chi connectivity index (χ4v) is 6.85.